The summed E-state index contributed by atoms with van der Waals surface area (Å²) in [5.41, 5.74) is 3.48. The van der Waals surface area contributed by atoms with Gasteiger partial charge in [-0.05, 0) is 44.9 Å². The van der Waals surface area contributed by atoms with Gasteiger partial charge in [0.15, 0.2) is 0 Å². The first-order valence-electron chi connectivity index (χ1n) is 6.03. The number of aliphatic hydroxyl groups excluding tert-OH is 1. The average molecular weight is 219 g/mol. The summed E-state index contributed by atoms with van der Waals surface area (Å²) in [5, 5.41) is 10.2. The molecular formula is C14H21NO. The molecule has 0 amide bonds. The molecule has 1 aromatic rings. The van der Waals surface area contributed by atoms with Gasteiger partial charge in [0.05, 0.1) is 6.10 Å². The van der Waals surface area contributed by atoms with E-state index in [9.17, 15) is 5.11 Å². The van der Waals surface area contributed by atoms with Crippen LogP contribution in [0.4, 0.5) is 0 Å². The summed E-state index contributed by atoms with van der Waals surface area (Å²) in [6.07, 6.45) is 2.22. The summed E-state index contributed by atoms with van der Waals surface area (Å²) < 4.78 is 0. The maximum Gasteiger partial charge on any atom is 0.0919 e. The molecule has 0 heterocycles. The van der Waals surface area contributed by atoms with Crippen LogP contribution in [0.2, 0.25) is 0 Å². The topological polar surface area (TPSA) is 23.5 Å². The zero-order valence-corrected chi connectivity index (χ0v) is 10.4. The fourth-order valence-corrected chi connectivity index (χ4v) is 2.15. The van der Waals surface area contributed by atoms with Crippen LogP contribution in [0.25, 0.3) is 0 Å². The van der Waals surface area contributed by atoms with Gasteiger partial charge >= 0.3 is 0 Å². The van der Waals surface area contributed by atoms with Crippen LogP contribution >= 0.6 is 0 Å². The Morgan fingerprint density at radius 3 is 2.69 bits per heavy atom. The van der Waals surface area contributed by atoms with E-state index in [-0.39, 0.29) is 6.10 Å². The van der Waals surface area contributed by atoms with Crippen LogP contribution in [0, 0.1) is 13.8 Å². The van der Waals surface area contributed by atoms with Crippen molar-refractivity contribution in [3.8, 4) is 0 Å². The van der Waals surface area contributed by atoms with Crippen molar-refractivity contribution in [1.82, 2.24) is 4.90 Å². The van der Waals surface area contributed by atoms with Crippen molar-refractivity contribution in [3.63, 3.8) is 0 Å². The van der Waals surface area contributed by atoms with Crippen molar-refractivity contribution >= 4 is 0 Å². The fourth-order valence-electron chi connectivity index (χ4n) is 2.15. The highest BCUT2D eigenvalue weighted by Gasteiger charge is 2.27. The molecule has 16 heavy (non-hydrogen) atoms. The molecule has 2 nitrogen and oxygen atoms in total. The Morgan fingerprint density at radius 2 is 2.06 bits per heavy atom. The summed E-state index contributed by atoms with van der Waals surface area (Å²) in [7, 11) is 2.10. The van der Waals surface area contributed by atoms with Gasteiger partial charge in [-0.25, -0.2) is 0 Å². The first-order chi connectivity index (χ1) is 7.58. The molecule has 1 unspecified atom stereocenters. The third-order valence-electron chi connectivity index (χ3n) is 3.42. The van der Waals surface area contributed by atoms with E-state index in [2.05, 4.69) is 44.0 Å². The highest BCUT2D eigenvalue weighted by Crippen LogP contribution is 2.28. The summed E-state index contributed by atoms with van der Waals surface area (Å²) in [6.45, 7) is 4.88. The van der Waals surface area contributed by atoms with Crippen molar-refractivity contribution in [3.05, 3.63) is 34.9 Å². The zero-order valence-electron chi connectivity index (χ0n) is 10.4. The number of hydrogen-bond acceptors (Lipinski definition) is 2. The standard InChI is InChI=1S/C14H21NO/c1-10-4-5-11(2)13(8-10)14(16)9-15(3)12-6-7-12/h4-5,8,12,14,16H,6-7,9H2,1-3H3. The molecule has 0 aliphatic heterocycles. The van der Waals surface area contributed by atoms with Gasteiger partial charge < -0.3 is 10.0 Å². The second-order valence-electron chi connectivity index (χ2n) is 5.05. The summed E-state index contributed by atoms with van der Waals surface area (Å²) in [5.74, 6) is 0. The largest absolute Gasteiger partial charge is 0.387 e. The molecule has 1 aliphatic carbocycles. The third kappa shape index (κ3) is 2.63. The quantitative estimate of drug-likeness (QED) is 0.840. The Hall–Kier alpha value is -0.860. The highest BCUT2D eigenvalue weighted by atomic mass is 16.3. The molecule has 1 aliphatic rings. The van der Waals surface area contributed by atoms with Gasteiger partial charge in [-0.1, -0.05) is 23.8 Å². The van der Waals surface area contributed by atoms with Gasteiger partial charge in [0, 0.05) is 12.6 Å². The predicted octanol–water partition coefficient (Wildman–Crippen LogP) is 2.43. The second-order valence-corrected chi connectivity index (χ2v) is 5.05. The molecule has 2 rings (SSSR count). The number of benzene rings is 1. The minimum atomic E-state index is -0.356. The van der Waals surface area contributed by atoms with Crippen molar-refractivity contribution in [2.75, 3.05) is 13.6 Å². The van der Waals surface area contributed by atoms with Gasteiger partial charge in [0.1, 0.15) is 0 Å². The van der Waals surface area contributed by atoms with E-state index in [1.165, 1.54) is 24.0 Å². The van der Waals surface area contributed by atoms with Crippen LogP contribution in [-0.4, -0.2) is 29.6 Å². The molecule has 0 saturated heterocycles. The lowest BCUT2D eigenvalue weighted by Gasteiger charge is -2.21. The van der Waals surface area contributed by atoms with Gasteiger partial charge in [-0.15, -0.1) is 0 Å². The van der Waals surface area contributed by atoms with E-state index in [0.717, 1.165) is 12.1 Å². The summed E-state index contributed by atoms with van der Waals surface area (Å²) in [6, 6.07) is 6.99. The molecule has 0 bridgehead atoms. The Kier molecular flexibility index (Phi) is 3.31. The maximum atomic E-state index is 10.2. The zero-order chi connectivity index (χ0) is 11.7. The van der Waals surface area contributed by atoms with Crippen LogP contribution in [0.5, 0.6) is 0 Å². The first-order valence-corrected chi connectivity index (χ1v) is 6.03. The number of nitrogens with zero attached hydrogens (tertiary/aromatic N) is 1. The minimum absolute atomic E-state index is 0.356. The maximum absolute atomic E-state index is 10.2. The van der Waals surface area contributed by atoms with Crippen LogP contribution in [0.15, 0.2) is 18.2 Å². The van der Waals surface area contributed by atoms with Gasteiger partial charge in [0.2, 0.25) is 0 Å². The van der Waals surface area contributed by atoms with Gasteiger partial charge in [0.25, 0.3) is 0 Å². The molecule has 0 spiro atoms. The lowest BCUT2D eigenvalue weighted by atomic mass is 10.0. The molecule has 2 heteroatoms. The molecule has 1 aromatic carbocycles. The molecule has 0 radical (unpaired) electrons. The predicted molar refractivity (Wildman–Crippen MR) is 66.5 cm³/mol. The van der Waals surface area contributed by atoms with Crippen molar-refractivity contribution in [1.29, 1.82) is 0 Å². The fraction of sp³-hybridized carbons (Fsp3) is 0.571. The SMILES string of the molecule is Cc1ccc(C)c(C(O)CN(C)C2CC2)c1. The number of rotatable bonds is 4. The van der Waals surface area contributed by atoms with E-state index >= 15 is 0 Å². The molecule has 1 atom stereocenters. The minimum Gasteiger partial charge on any atom is -0.387 e. The van der Waals surface area contributed by atoms with E-state index in [0.29, 0.717) is 6.04 Å². The lowest BCUT2D eigenvalue weighted by Crippen LogP contribution is -2.26. The third-order valence-corrected chi connectivity index (χ3v) is 3.42. The van der Waals surface area contributed by atoms with Crippen LogP contribution in [-0.2, 0) is 0 Å². The van der Waals surface area contributed by atoms with Crippen LogP contribution in [0.1, 0.15) is 35.6 Å². The monoisotopic (exact) mass is 219 g/mol. The summed E-state index contributed by atoms with van der Waals surface area (Å²) >= 11 is 0. The number of hydrogen-bond donors (Lipinski definition) is 1. The van der Waals surface area contributed by atoms with Crippen molar-refractivity contribution in [2.45, 2.75) is 38.8 Å². The van der Waals surface area contributed by atoms with E-state index < -0.39 is 0 Å². The normalized spacial score (nSPS) is 17.8. The second kappa shape index (κ2) is 4.56. The lowest BCUT2D eigenvalue weighted by molar-refractivity contribution is 0.123. The number of aliphatic hydroxyl groups is 1. The molecule has 88 valence electrons. The number of aryl methyl sites for hydroxylation is 2. The highest BCUT2D eigenvalue weighted by molar-refractivity contribution is 5.32. The van der Waals surface area contributed by atoms with E-state index in [1.807, 2.05) is 0 Å². The Bertz CT molecular complexity index is 371. The molecule has 1 N–H and O–H groups in total. The van der Waals surface area contributed by atoms with E-state index in [1.54, 1.807) is 0 Å². The molecule has 1 saturated carbocycles. The molecule has 0 aromatic heterocycles. The smallest absolute Gasteiger partial charge is 0.0919 e. The van der Waals surface area contributed by atoms with Crippen LogP contribution < -0.4 is 0 Å². The van der Waals surface area contributed by atoms with Crippen LogP contribution in [0.3, 0.4) is 0 Å². The number of likely N-dealkylation sites (N-methyl/N-ethyl adjacent to an activating group) is 1. The first kappa shape index (κ1) is 11.6. The van der Waals surface area contributed by atoms with Gasteiger partial charge in [-0.3, -0.25) is 0 Å². The Balaban J connectivity index is 2.06. The Morgan fingerprint density at radius 1 is 1.38 bits per heavy atom. The summed E-state index contributed by atoms with van der Waals surface area (Å²) in [4.78, 5) is 2.27. The molecular weight excluding hydrogens is 198 g/mol. The Labute approximate surface area is 97.9 Å². The molecule has 1 fully saturated rings. The van der Waals surface area contributed by atoms with Gasteiger partial charge in [-0.2, -0.15) is 0 Å². The van der Waals surface area contributed by atoms with E-state index in [4.69, 9.17) is 0 Å². The van der Waals surface area contributed by atoms with Crippen molar-refractivity contribution in [2.24, 2.45) is 0 Å². The average Bonchev–Trinajstić information content (AvgIpc) is 3.04. The van der Waals surface area contributed by atoms with Crippen molar-refractivity contribution < 1.29 is 5.11 Å².